The van der Waals surface area contributed by atoms with Crippen molar-refractivity contribution in [3.63, 3.8) is 0 Å². The van der Waals surface area contributed by atoms with Gasteiger partial charge in [-0.15, -0.1) is 5.10 Å². The third-order valence-corrected chi connectivity index (χ3v) is 20.2. The molecule has 0 aliphatic carbocycles. The van der Waals surface area contributed by atoms with Crippen LogP contribution in [0.5, 0.6) is 0 Å². The van der Waals surface area contributed by atoms with Crippen molar-refractivity contribution in [1.82, 2.24) is 15.0 Å². The van der Waals surface area contributed by atoms with E-state index in [9.17, 15) is 9.59 Å². The van der Waals surface area contributed by atoms with Crippen LogP contribution in [0.4, 0.5) is 0 Å². The molecule has 1 aromatic heterocycles. The molecule has 0 atom stereocenters. The average molecular weight is 722 g/mol. The predicted molar refractivity (Wildman–Crippen MR) is 185 cm³/mol. The maximum atomic E-state index is 11.3. The Balaban J connectivity index is 0.000000377. The number of nitrogens with zero attached hydrogens (tertiary/aromatic N) is 6. The first-order valence-corrected chi connectivity index (χ1v) is 23.3. The van der Waals surface area contributed by atoms with Crippen LogP contribution in [0.3, 0.4) is 0 Å². The first-order valence-electron chi connectivity index (χ1n) is 15.9. The Morgan fingerprint density at radius 3 is 1.91 bits per heavy atom. The van der Waals surface area contributed by atoms with Crippen LogP contribution in [0.2, 0.25) is 13.3 Å². The van der Waals surface area contributed by atoms with Gasteiger partial charge >= 0.3 is 143 Å². The molecule has 9 nitrogen and oxygen atoms in total. The number of hydrogen-bond acceptors (Lipinski definition) is 6. The van der Waals surface area contributed by atoms with E-state index in [1.54, 1.807) is 4.68 Å². The smallest absolute Gasteiger partial charge is 0.327 e. The zero-order valence-electron chi connectivity index (χ0n) is 28.0. The molecule has 1 heterocycles. The molecule has 0 N–H and O–H groups in total. The van der Waals surface area contributed by atoms with Crippen molar-refractivity contribution in [2.24, 2.45) is 5.11 Å². The number of Topliss-reactive ketones (excluding diaryl/α,β-unsaturated/α-hetero) is 1. The van der Waals surface area contributed by atoms with Gasteiger partial charge in [0, 0.05) is 10.5 Å². The summed E-state index contributed by atoms with van der Waals surface area (Å²) >= 11 is -2.25. The molecule has 0 fully saturated rings. The predicted octanol–water partition coefficient (Wildman–Crippen LogP) is 8.74. The molecule has 0 saturated heterocycles. The topological polar surface area (TPSA) is 123 Å². The number of rotatable bonds is 14. The SMILES string of the molecule is CC(=O)CN=[N+]=[N-].CCC[CH2][Sn]([C]#Cc1ccccc1)([CH2]CCC)[CH2]CCC.COC(=O)Cn1nnc(C)c1-c1ccccc1. The number of aromatic nitrogens is 3. The van der Waals surface area contributed by atoms with Gasteiger partial charge in [-0.25, -0.2) is 4.68 Å². The second-order valence-corrected chi connectivity index (χ2v) is 23.2. The maximum Gasteiger partial charge on any atom is 0.327 e. The van der Waals surface area contributed by atoms with Crippen LogP contribution in [-0.4, -0.2) is 58.8 Å². The van der Waals surface area contributed by atoms with Crippen LogP contribution in [0, 0.1) is 16.8 Å². The molecular formula is C35H50N6O3Sn. The second kappa shape index (κ2) is 23.7. The van der Waals surface area contributed by atoms with Crippen molar-refractivity contribution in [1.29, 1.82) is 0 Å². The first kappa shape index (κ1) is 39.4. The number of esters is 1. The summed E-state index contributed by atoms with van der Waals surface area (Å²) in [7, 11) is 1.36. The third kappa shape index (κ3) is 16.3. The molecule has 2 aromatic carbocycles. The summed E-state index contributed by atoms with van der Waals surface area (Å²) < 4.78 is 14.5. The van der Waals surface area contributed by atoms with Gasteiger partial charge in [0.1, 0.15) is 12.3 Å². The number of carbonyl (C=O) groups excluding carboxylic acids is 2. The van der Waals surface area contributed by atoms with Crippen molar-refractivity contribution in [3.05, 3.63) is 82.4 Å². The van der Waals surface area contributed by atoms with E-state index in [0.29, 0.717) is 0 Å². The van der Waals surface area contributed by atoms with Gasteiger partial charge in [0.25, 0.3) is 0 Å². The van der Waals surface area contributed by atoms with Crippen LogP contribution in [0.15, 0.2) is 65.8 Å². The van der Waals surface area contributed by atoms with Gasteiger partial charge in [-0.05, 0) is 19.4 Å². The number of azide groups is 1. The zero-order valence-corrected chi connectivity index (χ0v) is 30.8. The number of benzene rings is 2. The molecule has 3 rings (SSSR count). The summed E-state index contributed by atoms with van der Waals surface area (Å²) in [5.74, 6) is 3.10. The van der Waals surface area contributed by atoms with Crippen molar-refractivity contribution in [2.75, 3.05) is 13.7 Å². The number of hydrogen-bond donors (Lipinski definition) is 0. The molecule has 0 unspecified atom stereocenters. The first-order chi connectivity index (χ1) is 21.7. The minimum atomic E-state index is -2.25. The van der Waals surface area contributed by atoms with E-state index in [4.69, 9.17) is 5.53 Å². The molecule has 10 heteroatoms. The number of aryl methyl sites for hydroxylation is 1. The average Bonchev–Trinajstić information content (AvgIpc) is 3.43. The monoisotopic (exact) mass is 722 g/mol. The van der Waals surface area contributed by atoms with Gasteiger partial charge in [-0.1, -0.05) is 40.7 Å². The molecule has 0 spiro atoms. The van der Waals surface area contributed by atoms with Gasteiger partial charge in [-0.3, -0.25) is 9.59 Å². The van der Waals surface area contributed by atoms with E-state index in [1.807, 2.05) is 37.3 Å². The molecule has 0 aliphatic rings. The Hall–Kier alpha value is -3.61. The van der Waals surface area contributed by atoms with E-state index in [2.05, 4.69) is 86.0 Å². The van der Waals surface area contributed by atoms with Crippen molar-refractivity contribution in [2.45, 2.75) is 93.0 Å². The van der Waals surface area contributed by atoms with Gasteiger partial charge in [0.15, 0.2) is 0 Å². The zero-order chi connectivity index (χ0) is 33.3. The summed E-state index contributed by atoms with van der Waals surface area (Å²) in [4.78, 5) is 23.6. The molecular weight excluding hydrogens is 671 g/mol. The molecule has 0 amide bonds. The van der Waals surface area contributed by atoms with Gasteiger partial charge in [0.05, 0.1) is 25.0 Å². The minimum Gasteiger partial charge on any atom is -0.468 e. The van der Waals surface area contributed by atoms with E-state index >= 15 is 0 Å². The van der Waals surface area contributed by atoms with Crippen molar-refractivity contribution in [3.8, 4) is 21.1 Å². The molecule has 0 radical (unpaired) electrons. The normalized spacial score (nSPS) is 10.1. The Morgan fingerprint density at radius 2 is 1.47 bits per heavy atom. The Bertz CT molecular complexity index is 1350. The van der Waals surface area contributed by atoms with E-state index in [0.717, 1.165) is 17.0 Å². The minimum absolute atomic E-state index is 0.0313. The van der Waals surface area contributed by atoms with Crippen LogP contribution in [0.25, 0.3) is 21.7 Å². The number of ether oxygens (including phenoxy) is 1. The van der Waals surface area contributed by atoms with Gasteiger partial charge < -0.3 is 4.74 Å². The second-order valence-electron chi connectivity index (χ2n) is 10.9. The van der Waals surface area contributed by atoms with Crippen LogP contribution in [0.1, 0.15) is 77.5 Å². The number of carbonyl (C=O) groups is 2. The van der Waals surface area contributed by atoms with Crippen molar-refractivity contribution < 1.29 is 14.3 Å². The Labute approximate surface area is 273 Å². The Morgan fingerprint density at radius 1 is 0.933 bits per heavy atom. The fourth-order valence-corrected chi connectivity index (χ4v) is 17.8. The summed E-state index contributed by atoms with van der Waals surface area (Å²) in [6.07, 6.45) is 8.16. The van der Waals surface area contributed by atoms with E-state index in [-0.39, 0.29) is 24.8 Å². The summed E-state index contributed by atoms with van der Waals surface area (Å²) in [6.45, 7) is 10.2. The molecule has 45 heavy (non-hydrogen) atoms. The number of unbranched alkanes of at least 4 members (excludes halogenated alkanes) is 3. The van der Waals surface area contributed by atoms with Crippen LogP contribution < -0.4 is 0 Å². The standard InChI is InChI=1S/C12H13N3O2.C8H5.3C4H9.C3H5N3O.Sn/c1-9-12(10-6-4-3-5-7-10)15(14-13-9)8-11(16)17-2;1-2-8-6-4-3-5-7-8;3*1-3-4-2;1-3(7)2-5-6-4;/h3-7H,8H2,1-2H3;3-7H;3*1,3-4H2,2H3;2H2,1H3;. The largest absolute Gasteiger partial charge is 0.468 e. The molecule has 3 aromatic rings. The molecule has 242 valence electrons. The quantitative estimate of drug-likeness (QED) is 0.0412. The molecule has 0 aliphatic heterocycles. The van der Waals surface area contributed by atoms with Crippen LogP contribution >= 0.6 is 0 Å². The van der Waals surface area contributed by atoms with Gasteiger partial charge in [0.2, 0.25) is 0 Å². The fourth-order valence-electron chi connectivity index (χ4n) is 4.62. The molecule has 0 bridgehead atoms. The number of methoxy groups -OCH3 is 1. The van der Waals surface area contributed by atoms with Crippen molar-refractivity contribution >= 4 is 30.1 Å². The van der Waals surface area contributed by atoms with Crippen LogP contribution in [-0.2, 0) is 20.9 Å². The summed E-state index contributed by atoms with van der Waals surface area (Å²) in [5.41, 5.74) is 11.5. The number of ketones is 1. The molecule has 0 saturated carbocycles. The summed E-state index contributed by atoms with van der Waals surface area (Å²) in [6, 6.07) is 20.3. The summed E-state index contributed by atoms with van der Waals surface area (Å²) in [5, 5.41) is 10.9. The fraction of sp³-hybridized carbons (Fsp3) is 0.486. The van der Waals surface area contributed by atoms with E-state index in [1.165, 1.54) is 71.4 Å². The maximum absolute atomic E-state index is 11.3. The van der Waals surface area contributed by atoms with E-state index < -0.39 is 18.4 Å². The Kier molecular flexibility index (Phi) is 20.8. The van der Waals surface area contributed by atoms with Gasteiger partial charge in [-0.2, -0.15) is 0 Å². The third-order valence-electron chi connectivity index (χ3n) is 7.09.